The summed E-state index contributed by atoms with van der Waals surface area (Å²) in [5, 5.41) is 23.3. The largest absolute Gasteiger partial charge is 0.394 e. The predicted molar refractivity (Wildman–Crippen MR) is 59.8 cm³/mol. The Morgan fingerprint density at radius 1 is 1.07 bits per heavy atom. The van der Waals surface area contributed by atoms with Crippen molar-refractivity contribution in [2.45, 2.75) is 0 Å². The number of hydrazone groups is 1. The van der Waals surface area contributed by atoms with E-state index < -0.39 is 0 Å². The van der Waals surface area contributed by atoms with Crippen LogP contribution in [0.1, 0.15) is 5.56 Å². The average molecular weight is 208 g/mol. The van der Waals surface area contributed by atoms with Crippen LogP contribution < -0.4 is 0 Å². The number of benzene rings is 1. The first-order valence-corrected chi connectivity index (χ1v) is 4.92. The van der Waals surface area contributed by atoms with Gasteiger partial charge in [0.1, 0.15) is 0 Å². The predicted octanol–water partition coefficient (Wildman–Crippen LogP) is 0.307. The molecule has 82 valence electrons. The Hall–Kier alpha value is -1.39. The molecule has 0 aliphatic carbocycles. The van der Waals surface area contributed by atoms with Gasteiger partial charge >= 0.3 is 0 Å². The molecule has 1 aromatic rings. The van der Waals surface area contributed by atoms with Crippen LogP contribution in [0.15, 0.2) is 35.4 Å². The van der Waals surface area contributed by atoms with Crippen molar-refractivity contribution < 1.29 is 10.2 Å². The fourth-order valence-electron chi connectivity index (χ4n) is 1.15. The number of rotatable bonds is 6. The van der Waals surface area contributed by atoms with Gasteiger partial charge in [-0.05, 0) is 5.56 Å². The third-order valence-electron chi connectivity index (χ3n) is 1.89. The highest BCUT2D eigenvalue weighted by Gasteiger charge is 1.97. The molecule has 0 saturated heterocycles. The summed E-state index contributed by atoms with van der Waals surface area (Å²) in [6.07, 6.45) is 1.71. The van der Waals surface area contributed by atoms with Gasteiger partial charge in [0.2, 0.25) is 0 Å². The Labute approximate surface area is 89.5 Å². The highest BCUT2D eigenvalue weighted by molar-refractivity contribution is 5.79. The Balaban J connectivity index is 2.53. The van der Waals surface area contributed by atoms with Crippen molar-refractivity contribution in [1.82, 2.24) is 5.01 Å². The van der Waals surface area contributed by atoms with Crippen molar-refractivity contribution in [3.8, 4) is 0 Å². The summed E-state index contributed by atoms with van der Waals surface area (Å²) in [7, 11) is 0. The van der Waals surface area contributed by atoms with Crippen LogP contribution in [0.3, 0.4) is 0 Å². The summed E-state index contributed by atoms with van der Waals surface area (Å²) in [4.78, 5) is 0. The average Bonchev–Trinajstić information content (AvgIpc) is 2.28. The molecule has 1 rings (SSSR count). The molecular weight excluding hydrogens is 192 g/mol. The smallest absolute Gasteiger partial charge is 0.0623 e. The molecular formula is C11H16N2O2. The van der Waals surface area contributed by atoms with E-state index in [0.29, 0.717) is 13.1 Å². The summed E-state index contributed by atoms with van der Waals surface area (Å²) in [6.45, 7) is 0.937. The Kier molecular flexibility index (Phi) is 5.43. The van der Waals surface area contributed by atoms with E-state index in [1.165, 1.54) is 0 Å². The molecule has 0 atom stereocenters. The molecule has 0 radical (unpaired) electrons. The van der Waals surface area contributed by atoms with Gasteiger partial charge in [-0.1, -0.05) is 30.3 Å². The molecule has 0 aliphatic rings. The molecule has 15 heavy (non-hydrogen) atoms. The van der Waals surface area contributed by atoms with E-state index >= 15 is 0 Å². The van der Waals surface area contributed by atoms with E-state index in [-0.39, 0.29) is 13.2 Å². The number of hydrogen-bond acceptors (Lipinski definition) is 4. The van der Waals surface area contributed by atoms with Gasteiger partial charge < -0.3 is 10.2 Å². The van der Waals surface area contributed by atoms with Crippen LogP contribution in [0.25, 0.3) is 0 Å². The SMILES string of the molecule is OCCN(CCO)/N=C/c1ccccc1. The van der Waals surface area contributed by atoms with Crippen molar-refractivity contribution in [3.05, 3.63) is 35.9 Å². The van der Waals surface area contributed by atoms with Crippen LogP contribution in [0.2, 0.25) is 0 Å². The third kappa shape index (κ3) is 4.58. The maximum atomic E-state index is 8.76. The fraction of sp³-hybridized carbons (Fsp3) is 0.364. The van der Waals surface area contributed by atoms with Crippen molar-refractivity contribution in [1.29, 1.82) is 0 Å². The van der Waals surface area contributed by atoms with Crippen LogP contribution >= 0.6 is 0 Å². The quantitative estimate of drug-likeness (QED) is 0.522. The lowest BCUT2D eigenvalue weighted by atomic mass is 10.2. The molecule has 0 bridgehead atoms. The number of aliphatic hydroxyl groups excluding tert-OH is 2. The minimum Gasteiger partial charge on any atom is -0.394 e. The normalized spacial score (nSPS) is 10.8. The van der Waals surface area contributed by atoms with Crippen LogP contribution in [-0.4, -0.2) is 47.7 Å². The summed E-state index contributed by atoms with van der Waals surface area (Å²) in [6, 6.07) is 9.70. The van der Waals surface area contributed by atoms with Gasteiger partial charge in [0, 0.05) is 0 Å². The second-order valence-corrected chi connectivity index (χ2v) is 3.06. The van der Waals surface area contributed by atoms with Gasteiger partial charge in [0.05, 0.1) is 32.5 Å². The summed E-state index contributed by atoms with van der Waals surface area (Å²) >= 11 is 0. The molecule has 0 aliphatic heterocycles. The van der Waals surface area contributed by atoms with Crippen molar-refractivity contribution in [3.63, 3.8) is 0 Å². The molecule has 0 spiro atoms. The number of aliphatic hydroxyl groups is 2. The number of hydrogen-bond donors (Lipinski definition) is 2. The van der Waals surface area contributed by atoms with Crippen LogP contribution in [-0.2, 0) is 0 Å². The van der Waals surface area contributed by atoms with E-state index in [1.807, 2.05) is 30.3 Å². The van der Waals surface area contributed by atoms with Gasteiger partial charge in [-0.25, -0.2) is 0 Å². The highest BCUT2D eigenvalue weighted by atomic mass is 16.3. The molecule has 0 heterocycles. The summed E-state index contributed by atoms with van der Waals surface area (Å²) in [5.74, 6) is 0. The van der Waals surface area contributed by atoms with Gasteiger partial charge in [0.25, 0.3) is 0 Å². The Morgan fingerprint density at radius 2 is 1.67 bits per heavy atom. The summed E-state index contributed by atoms with van der Waals surface area (Å²) in [5.41, 5.74) is 0.998. The zero-order chi connectivity index (χ0) is 10.9. The molecule has 2 N–H and O–H groups in total. The monoisotopic (exact) mass is 208 g/mol. The summed E-state index contributed by atoms with van der Waals surface area (Å²) < 4.78 is 0. The van der Waals surface area contributed by atoms with Crippen LogP contribution in [0.4, 0.5) is 0 Å². The molecule has 1 aromatic carbocycles. The van der Waals surface area contributed by atoms with Crippen molar-refractivity contribution >= 4 is 6.21 Å². The minimum atomic E-state index is 0.0339. The Morgan fingerprint density at radius 3 is 2.20 bits per heavy atom. The van der Waals surface area contributed by atoms with Crippen molar-refractivity contribution in [2.75, 3.05) is 26.3 Å². The lowest BCUT2D eigenvalue weighted by Gasteiger charge is -2.15. The second kappa shape index (κ2) is 6.98. The number of nitrogens with zero attached hydrogens (tertiary/aromatic N) is 2. The fourth-order valence-corrected chi connectivity index (χ4v) is 1.15. The molecule has 0 amide bonds. The third-order valence-corrected chi connectivity index (χ3v) is 1.89. The molecule has 0 saturated carbocycles. The first-order valence-electron chi connectivity index (χ1n) is 4.92. The zero-order valence-corrected chi connectivity index (χ0v) is 8.58. The van der Waals surface area contributed by atoms with E-state index in [0.717, 1.165) is 5.56 Å². The first kappa shape index (κ1) is 11.7. The van der Waals surface area contributed by atoms with Gasteiger partial charge in [-0.3, -0.25) is 5.01 Å². The first-order chi connectivity index (χ1) is 7.36. The van der Waals surface area contributed by atoms with E-state index in [9.17, 15) is 0 Å². The van der Waals surface area contributed by atoms with E-state index in [2.05, 4.69) is 5.10 Å². The molecule has 0 unspecified atom stereocenters. The van der Waals surface area contributed by atoms with Crippen molar-refractivity contribution in [2.24, 2.45) is 5.10 Å². The highest BCUT2D eigenvalue weighted by Crippen LogP contribution is 1.95. The zero-order valence-electron chi connectivity index (χ0n) is 8.58. The maximum Gasteiger partial charge on any atom is 0.0623 e. The molecule has 4 heteroatoms. The lowest BCUT2D eigenvalue weighted by molar-refractivity contribution is 0.166. The van der Waals surface area contributed by atoms with Crippen LogP contribution in [0.5, 0.6) is 0 Å². The van der Waals surface area contributed by atoms with E-state index in [4.69, 9.17) is 10.2 Å². The lowest BCUT2D eigenvalue weighted by Crippen LogP contribution is -2.24. The molecule has 0 aromatic heterocycles. The van der Waals surface area contributed by atoms with Gasteiger partial charge in [-0.2, -0.15) is 5.10 Å². The maximum absolute atomic E-state index is 8.76. The van der Waals surface area contributed by atoms with Crippen LogP contribution in [0, 0.1) is 0 Å². The Bertz CT molecular complexity index is 282. The standard InChI is InChI=1S/C11H16N2O2/c14-8-6-13(7-9-15)12-10-11-4-2-1-3-5-11/h1-5,10,14-15H,6-9H2/b12-10+. The minimum absolute atomic E-state index is 0.0339. The molecule has 4 nitrogen and oxygen atoms in total. The van der Waals surface area contributed by atoms with Gasteiger partial charge in [-0.15, -0.1) is 0 Å². The molecule has 0 fully saturated rings. The van der Waals surface area contributed by atoms with E-state index in [1.54, 1.807) is 11.2 Å². The second-order valence-electron chi connectivity index (χ2n) is 3.06. The topological polar surface area (TPSA) is 56.1 Å². The van der Waals surface area contributed by atoms with Gasteiger partial charge in [0.15, 0.2) is 0 Å².